The number of amides is 1. The monoisotopic (exact) mass is 222 g/mol. The Morgan fingerprint density at radius 3 is 2.50 bits per heavy atom. The first-order chi connectivity index (χ1) is 7.75. The molecule has 3 nitrogen and oxygen atoms in total. The molecule has 1 N–H and O–H groups in total. The second-order valence-electron chi connectivity index (χ2n) is 5.80. The summed E-state index contributed by atoms with van der Waals surface area (Å²) >= 11 is 0. The largest absolute Gasteiger partial charge is 0.339 e. The minimum absolute atomic E-state index is 0.249. The van der Waals surface area contributed by atoms with E-state index >= 15 is 0 Å². The van der Waals surface area contributed by atoms with Crippen LogP contribution in [-0.2, 0) is 4.79 Å². The fraction of sp³-hybridized carbons (Fsp3) is 0.923. The van der Waals surface area contributed by atoms with Crippen molar-refractivity contribution in [2.45, 2.75) is 51.1 Å². The number of hydrogen-bond acceptors (Lipinski definition) is 2. The minimum atomic E-state index is 0.249. The van der Waals surface area contributed by atoms with E-state index in [-0.39, 0.29) is 5.92 Å². The average molecular weight is 222 g/mol. The van der Waals surface area contributed by atoms with Crippen molar-refractivity contribution >= 4 is 5.91 Å². The predicted octanol–water partition coefficient (Wildman–Crippen LogP) is 1.39. The zero-order valence-electron chi connectivity index (χ0n) is 10.1. The summed E-state index contributed by atoms with van der Waals surface area (Å²) in [5.74, 6) is 1.51. The van der Waals surface area contributed by atoms with Gasteiger partial charge < -0.3 is 10.2 Å². The molecule has 3 fully saturated rings. The minimum Gasteiger partial charge on any atom is -0.339 e. The number of hydrogen-bond donors (Lipinski definition) is 1. The molecule has 0 aromatic heterocycles. The highest BCUT2D eigenvalue weighted by atomic mass is 16.2. The van der Waals surface area contributed by atoms with Gasteiger partial charge >= 0.3 is 0 Å². The van der Waals surface area contributed by atoms with E-state index in [4.69, 9.17) is 0 Å². The van der Waals surface area contributed by atoms with Crippen LogP contribution < -0.4 is 5.32 Å². The Hall–Kier alpha value is -0.570. The van der Waals surface area contributed by atoms with E-state index in [9.17, 15) is 4.79 Å². The third-order valence-electron chi connectivity index (χ3n) is 4.26. The molecule has 16 heavy (non-hydrogen) atoms. The molecule has 3 aliphatic rings. The van der Waals surface area contributed by atoms with Gasteiger partial charge in [-0.15, -0.1) is 0 Å². The zero-order chi connectivity index (χ0) is 11.1. The maximum atomic E-state index is 12.5. The lowest BCUT2D eigenvalue weighted by molar-refractivity contribution is -0.136. The van der Waals surface area contributed by atoms with E-state index in [2.05, 4.69) is 17.1 Å². The van der Waals surface area contributed by atoms with E-state index in [1.165, 1.54) is 25.7 Å². The molecule has 0 aromatic rings. The van der Waals surface area contributed by atoms with Gasteiger partial charge in [0.05, 0.1) is 5.92 Å². The lowest BCUT2D eigenvalue weighted by Crippen LogP contribution is -2.42. The number of nitrogens with one attached hydrogen (secondary N) is 1. The smallest absolute Gasteiger partial charge is 0.227 e. The van der Waals surface area contributed by atoms with Crippen LogP contribution in [0.5, 0.6) is 0 Å². The van der Waals surface area contributed by atoms with Gasteiger partial charge in [-0.1, -0.05) is 0 Å². The van der Waals surface area contributed by atoms with E-state index in [1.807, 2.05) is 0 Å². The van der Waals surface area contributed by atoms with Gasteiger partial charge in [-0.3, -0.25) is 4.79 Å². The fourth-order valence-electron chi connectivity index (χ4n) is 2.79. The third-order valence-corrected chi connectivity index (χ3v) is 4.26. The van der Waals surface area contributed by atoms with Crippen molar-refractivity contribution in [3.63, 3.8) is 0 Å². The molecular formula is C13H22N2O. The zero-order valence-corrected chi connectivity index (χ0v) is 10.1. The highest BCUT2D eigenvalue weighted by molar-refractivity contribution is 5.80. The Morgan fingerprint density at radius 1 is 1.25 bits per heavy atom. The van der Waals surface area contributed by atoms with Crippen LogP contribution in [-0.4, -0.2) is 36.0 Å². The van der Waals surface area contributed by atoms with Crippen LogP contribution in [0, 0.1) is 11.8 Å². The first kappa shape index (κ1) is 10.6. The lowest BCUT2D eigenvalue weighted by Gasteiger charge is -2.27. The van der Waals surface area contributed by atoms with Crippen LogP contribution in [0.25, 0.3) is 0 Å². The predicted molar refractivity (Wildman–Crippen MR) is 63.0 cm³/mol. The molecule has 2 unspecified atom stereocenters. The van der Waals surface area contributed by atoms with Crippen LogP contribution in [0.2, 0.25) is 0 Å². The van der Waals surface area contributed by atoms with Gasteiger partial charge in [0, 0.05) is 18.6 Å². The van der Waals surface area contributed by atoms with Crippen molar-refractivity contribution in [3.05, 3.63) is 0 Å². The molecule has 3 rings (SSSR count). The topological polar surface area (TPSA) is 32.3 Å². The van der Waals surface area contributed by atoms with Crippen LogP contribution in [0.3, 0.4) is 0 Å². The summed E-state index contributed by atoms with van der Waals surface area (Å²) in [6.45, 7) is 4.21. The van der Waals surface area contributed by atoms with Crippen LogP contribution >= 0.6 is 0 Å². The van der Waals surface area contributed by atoms with Gasteiger partial charge in [-0.25, -0.2) is 0 Å². The van der Waals surface area contributed by atoms with Gasteiger partial charge in [0.25, 0.3) is 0 Å². The Kier molecular flexibility index (Phi) is 2.66. The molecule has 2 saturated carbocycles. The molecule has 1 heterocycles. The van der Waals surface area contributed by atoms with Crippen molar-refractivity contribution in [1.29, 1.82) is 0 Å². The summed E-state index contributed by atoms with van der Waals surface area (Å²) in [6, 6.07) is 0.980. The highest BCUT2D eigenvalue weighted by Crippen LogP contribution is 2.36. The van der Waals surface area contributed by atoms with Crippen LogP contribution in [0.4, 0.5) is 0 Å². The summed E-state index contributed by atoms with van der Waals surface area (Å²) in [7, 11) is 0. The Bertz CT molecular complexity index is 284. The van der Waals surface area contributed by atoms with Crippen molar-refractivity contribution in [2.75, 3.05) is 13.1 Å². The van der Waals surface area contributed by atoms with Gasteiger partial charge in [-0.05, 0) is 51.5 Å². The molecule has 1 saturated heterocycles. The van der Waals surface area contributed by atoms with E-state index < -0.39 is 0 Å². The number of nitrogens with zero attached hydrogens (tertiary/aromatic N) is 1. The number of carbonyl (C=O) groups excluding carboxylic acids is 1. The maximum absolute atomic E-state index is 12.5. The summed E-state index contributed by atoms with van der Waals surface area (Å²) in [5, 5.41) is 3.39. The molecule has 90 valence electrons. The van der Waals surface area contributed by atoms with Gasteiger partial charge in [0.2, 0.25) is 5.91 Å². The van der Waals surface area contributed by atoms with E-state index in [0.717, 1.165) is 25.4 Å². The molecular weight excluding hydrogens is 200 g/mol. The SMILES string of the molecule is CC1NCCC1C(=O)N(CC1CC1)C1CC1. The summed E-state index contributed by atoms with van der Waals surface area (Å²) in [5.41, 5.74) is 0. The van der Waals surface area contributed by atoms with E-state index in [1.54, 1.807) is 0 Å². The molecule has 1 aliphatic heterocycles. The highest BCUT2D eigenvalue weighted by Gasteiger charge is 2.41. The third kappa shape index (κ3) is 2.10. The summed E-state index contributed by atoms with van der Waals surface area (Å²) in [6.07, 6.45) is 6.21. The molecule has 1 amide bonds. The molecule has 0 radical (unpaired) electrons. The van der Waals surface area contributed by atoms with Crippen molar-refractivity contribution in [1.82, 2.24) is 10.2 Å². The molecule has 2 atom stereocenters. The average Bonchev–Trinajstić information content (AvgIpc) is 3.14. The summed E-state index contributed by atoms with van der Waals surface area (Å²) < 4.78 is 0. The fourth-order valence-corrected chi connectivity index (χ4v) is 2.79. The molecule has 0 bridgehead atoms. The van der Waals surface area contributed by atoms with Gasteiger partial charge in [0.15, 0.2) is 0 Å². The van der Waals surface area contributed by atoms with Gasteiger partial charge in [0.1, 0.15) is 0 Å². The normalized spacial score (nSPS) is 34.1. The second kappa shape index (κ2) is 4.02. The van der Waals surface area contributed by atoms with Crippen molar-refractivity contribution in [2.24, 2.45) is 11.8 Å². The Morgan fingerprint density at radius 2 is 2.00 bits per heavy atom. The Balaban J connectivity index is 1.64. The first-order valence-corrected chi connectivity index (χ1v) is 6.79. The standard InChI is InChI=1S/C13H22N2O/c1-9-12(6-7-14-9)13(16)15(11-4-5-11)8-10-2-3-10/h9-12,14H,2-8H2,1H3. The van der Waals surface area contributed by atoms with Gasteiger partial charge in [-0.2, -0.15) is 0 Å². The number of rotatable bonds is 4. The Labute approximate surface area is 97.6 Å². The summed E-state index contributed by atoms with van der Waals surface area (Å²) in [4.78, 5) is 14.7. The van der Waals surface area contributed by atoms with Crippen molar-refractivity contribution < 1.29 is 4.79 Å². The number of carbonyl (C=O) groups is 1. The van der Waals surface area contributed by atoms with Crippen LogP contribution in [0.15, 0.2) is 0 Å². The quantitative estimate of drug-likeness (QED) is 0.779. The molecule has 2 aliphatic carbocycles. The van der Waals surface area contributed by atoms with Crippen molar-refractivity contribution in [3.8, 4) is 0 Å². The molecule has 0 aromatic carbocycles. The first-order valence-electron chi connectivity index (χ1n) is 6.79. The molecule has 0 spiro atoms. The second-order valence-corrected chi connectivity index (χ2v) is 5.80. The lowest BCUT2D eigenvalue weighted by atomic mass is 10.00. The van der Waals surface area contributed by atoms with Crippen LogP contribution in [0.1, 0.15) is 39.0 Å². The molecule has 3 heteroatoms. The van der Waals surface area contributed by atoms with E-state index in [0.29, 0.717) is 18.0 Å². The maximum Gasteiger partial charge on any atom is 0.227 e.